The molecular formula is C16H16N4O2. The third-order valence-corrected chi connectivity index (χ3v) is 3.18. The highest BCUT2D eigenvalue weighted by atomic mass is 16.3. The number of aromatic amines is 2. The Morgan fingerprint density at radius 3 is 1.45 bits per heavy atom. The lowest BCUT2D eigenvalue weighted by Crippen LogP contribution is -1.83. The predicted molar refractivity (Wildman–Crippen MR) is 84.0 cm³/mol. The van der Waals surface area contributed by atoms with E-state index in [2.05, 4.69) is 19.9 Å². The SMILES string of the molecule is OCc1nc2ccccc2[nH]1.OCc1nc2ccccc2[nH]1. The summed E-state index contributed by atoms with van der Waals surface area (Å²) in [6.07, 6.45) is 0. The first kappa shape index (κ1) is 14.2. The van der Waals surface area contributed by atoms with Crippen LogP contribution in [0.5, 0.6) is 0 Å². The van der Waals surface area contributed by atoms with E-state index in [0.717, 1.165) is 22.1 Å². The van der Waals surface area contributed by atoms with E-state index in [1.165, 1.54) is 0 Å². The van der Waals surface area contributed by atoms with Gasteiger partial charge in [-0.25, -0.2) is 9.97 Å². The van der Waals surface area contributed by atoms with Crippen LogP contribution in [-0.4, -0.2) is 30.1 Å². The highest BCUT2D eigenvalue weighted by Crippen LogP contribution is 2.10. The molecular weight excluding hydrogens is 280 g/mol. The van der Waals surface area contributed by atoms with Crippen molar-refractivity contribution in [3.63, 3.8) is 0 Å². The Labute approximate surface area is 126 Å². The number of benzene rings is 2. The number of imidazole rings is 2. The van der Waals surface area contributed by atoms with Crippen LogP contribution in [0.25, 0.3) is 22.1 Å². The van der Waals surface area contributed by atoms with Crippen LogP contribution in [0.15, 0.2) is 48.5 Å². The molecule has 0 amide bonds. The minimum atomic E-state index is -0.0331. The van der Waals surface area contributed by atoms with E-state index < -0.39 is 0 Å². The van der Waals surface area contributed by atoms with Crippen LogP contribution in [-0.2, 0) is 13.2 Å². The summed E-state index contributed by atoms with van der Waals surface area (Å²) in [6.45, 7) is -0.0661. The quantitative estimate of drug-likeness (QED) is 0.455. The van der Waals surface area contributed by atoms with Crippen LogP contribution in [0, 0.1) is 0 Å². The first-order valence-electron chi connectivity index (χ1n) is 6.89. The van der Waals surface area contributed by atoms with Gasteiger partial charge in [-0.1, -0.05) is 24.3 Å². The Kier molecular flexibility index (Phi) is 4.13. The fourth-order valence-corrected chi connectivity index (χ4v) is 2.16. The highest BCUT2D eigenvalue weighted by Gasteiger charge is 1.98. The molecule has 4 N–H and O–H groups in total. The Hall–Kier alpha value is -2.70. The van der Waals surface area contributed by atoms with E-state index >= 15 is 0 Å². The Morgan fingerprint density at radius 1 is 0.682 bits per heavy atom. The van der Waals surface area contributed by atoms with Crippen molar-refractivity contribution in [1.29, 1.82) is 0 Å². The van der Waals surface area contributed by atoms with Gasteiger partial charge in [-0.2, -0.15) is 0 Å². The number of nitrogens with one attached hydrogen (secondary N) is 2. The molecule has 0 aliphatic heterocycles. The molecule has 6 heteroatoms. The fraction of sp³-hybridized carbons (Fsp3) is 0.125. The van der Waals surface area contributed by atoms with E-state index in [9.17, 15) is 0 Å². The van der Waals surface area contributed by atoms with Crippen molar-refractivity contribution in [3.05, 3.63) is 60.2 Å². The normalized spacial score (nSPS) is 10.6. The second-order valence-corrected chi connectivity index (χ2v) is 4.72. The Balaban J connectivity index is 0.000000131. The molecule has 0 saturated heterocycles. The van der Waals surface area contributed by atoms with Crippen molar-refractivity contribution in [2.24, 2.45) is 0 Å². The maximum Gasteiger partial charge on any atom is 0.133 e. The Bertz CT molecular complexity index is 742. The number of nitrogens with zero attached hydrogens (tertiary/aromatic N) is 2. The van der Waals surface area contributed by atoms with Crippen LogP contribution >= 0.6 is 0 Å². The van der Waals surface area contributed by atoms with Crippen LogP contribution in [0.1, 0.15) is 11.6 Å². The zero-order valence-corrected chi connectivity index (χ0v) is 11.8. The van der Waals surface area contributed by atoms with E-state index in [-0.39, 0.29) is 13.2 Å². The number of aliphatic hydroxyl groups is 2. The van der Waals surface area contributed by atoms with Gasteiger partial charge in [-0.05, 0) is 24.3 Å². The smallest absolute Gasteiger partial charge is 0.133 e. The molecule has 0 unspecified atom stereocenters. The standard InChI is InChI=1S/2C8H8N2O/c2*11-5-8-9-6-3-1-2-4-7(6)10-8/h2*1-4,11H,5H2,(H,9,10). The lowest BCUT2D eigenvalue weighted by Gasteiger charge is -1.82. The fourth-order valence-electron chi connectivity index (χ4n) is 2.16. The van der Waals surface area contributed by atoms with Crippen LogP contribution in [0.4, 0.5) is 0 Å². The maximum absolute atomic E-state index is 8.74. The van der Waals surface area contributed by atoms with Gasteiger partial charge in [0.1, 0.15) is 24.9 Å². The van der Waals surface area contributed by atoms with Crippen LogP contribution in [0.3, 0.4) is 0 Å². The lowest BCUT2D eigenvalue weighted by atomic mass is 10.3. The van der Waals surface area contributed by atoms with E-state index in [4.69, 9.17) is 10.2 Å². The molecule has 2 aromatic heterocycles. The van der Waals surface area contributed by atoms with Crippen LogP contribution < -0.4 is 0 Å². The molecule has 0 bridgehead atoms. The third kappa shape index (κ3) is 2.98. The number of rotatable bonds is 2. The topological polar surface area (TPSA) is 97.8 Å². The van der Waals surface area contributed by atoms with Crippen molar-refractivity contribution >= 4 is 22.1 Å². The number of fused-ring (bicyclic) bond motifs is 2. The second-order valence-electron chi connectivity index (χ2n) is 4.72. The van der Waals surface area contributed by atoms with Crippen LogP contribution in [0.2, 0.25) is 0 Å². The van der Waals surface area contributed by atoms with Crippen molar-refractivity contribution in [3.8, 4) is 0 Å². The van der Waals surface area contributed by atoms with Crippen molar-refractivity contribution in [2.75, 3.05) is 0 Å². The van der Waals surface area contributed by atoms with Gasteiger partial charge in [0.2, 0.25) is 0 Å². The monoisotopic (exact) mass is 296 g/mol. The summed E-state index contributed by atoms with van der Waals surface area (Å²) in [5.41, 5.74) is 3.74. The second kappa shape index (κ2) is 6.38. The van der Waals surface area contributed by atoms with Gasteiger partial charge in [-0.15, -0.1) is 0 Å². The minimum Gasteiger partial charge on any atom is -0.388 e. The molecule has 0 spiro atoms. The summed E-state index contributed by atoms with van der Waals surface area (Å²) >= 11 is 0. The van der Waals surface area contributed by atoms with E-state index in [0.29, 0.717) is 11.6 Å². The predicted octanol–water partition coefficient (Wildman–Crippen LogP) is 2.11. The number of hydrogen-bond donors (Lipinski definition) is 4. The molecule has 4 aromatic rings. The van der Waals surface area contributed by atoms with Gasteiger partial charge in [0, 0.05) is 0 Å². The number of aliphatic hydroxyl groups excluding tert-OH is 2. The molecule has 22 heavy (non-hydrogen) atoms. The molecule has 2 heterocycles. The van der Waals surface area contributed by atoms with Gasteiger partial charge in [0.15, 0.2) is 0 Å². The van der Waals surface area contributed by atoms with Gasteiger partial charge in [0.05, 0.1) is 22.1 Å². The van der Waals surface area contributed by atoms with Gasteiger partial charge in [0.25, 0.3) is 0 Å². The maximum atomic E-state index is 8.74. The van der Waals surface area contributed by atoms with E-state index in [1.807, 2.05) is 48.5 Å². The van der Waals surface area contributed by atoms with Gasteiger partial charge in [-0.3, -0.25) is 0 Å². The zero-order chi connectivity index (χ0) is 15.4. The largest absolute Gasteiger partial charge is 0.388 e. The highest BCUT2D eigenvalue weighted by molar-refractivity contribution is 5.75. The molecule has 112 valence electrons. The van der Waals surface area contributed by atoms with Crippen molar-refractivity contribution < 1.29 is 10.2 Å². The minimum absolute atomic E-state index is 0.0331. The van der Waals surface area contributed by atoms with Crippen molar-refractivity contribution in [2.45, 2.75) is 13.2 Å². The molecule has 0 aliphatic rings. The molecule has 0 atom stereocenters. The molecule has 0 saturated carbocycles. The molecule has 0 radical (unpaired) electrons. The number of aromatic nitrogens is 4. The average molecular weight is 296 g/mol. The molecule has 4 rings (SSSR count). The van der Waals surface area contributed by atoms with Gasteiger partial charge < -0.3 is 20.2 Å². The summed E-state index contributed by atoms with van der Waals surface area (Å²) < 4.78 is 0. The summed E-state index contributed by atoms with van der Waals surface area (Å²) in [5.74, 6) is 1.23. The molecule has 6 nitrogen and oxygen atoms in total. The molecule has 2 aromatic carbocycles. The molecule has 0 fully saturated rings. The number of para-hydroxylation sites is 4. The van der Waals surface area contributed by atoms with Crippen molar-refractivity contribution in [1.82, 2.24) is 19.9 Å². The number of hydrogen-bond acceptors (Lipinski definition) is 4. The third-order valence-electron chi connectivity index (χ3n) is 3.18. The van der Waals surface area contributed by atoms with Gasteiger partial charge >= 0.3 is 0 Å². The lowest BCUT2D eigenvalue weighted by molar-refractivity contribution is 0.273. The first-order chi connectivity index (χ1) is 10.8. The number of H-pyrrole nitrogens is 2. The summed E-state index contributed by atoms with van der Waals surface area (Å²) in [6, 6.07) is 15.4. The summed E-state index contributed by atoms with van der Waals surface area (Å²) in [7, 11) is 0. The molecule has 0 aliphatic carbocycles. The first-order valence-corrected chi connectivity index (χ1v) is 6.89. The average Bonchev–Trinajstić information content (AvgIpc) is 3.18. The summed E-state index contributed by atoms with van der Waals surface area (Å²) in [4.78, 5) is 14.2. The zero-order valence-electron chi connectivity index (χ0n) is 11.8. The summed E-state index contributed by atoms with van der Waals surface area (Å²) in [5, 5.41) is 17.5. The Morgan fingerprint density at radius 2 is 1.09 bits per heavy atom. The van der Waals surface area contributed by atoms with E-state index in [1.54, 1.807) is 0 Å².